The smallest absolute Gasteiger partial charge is 0.123 e. The molecular formula is C14H22O. The first-order valence-electron chi connectivity index (χ1n) is 6.22. The van der Waals surface area contributed by atoms with Crippen molar-refractivity contribution < 1.29 is 4.79 Å². The molecule has 0 aromatic rings. The summed E-state index contributed by atoms with van der Waals surface area (Å²) < 4.78 is 0. The van der Waals surface area contributed by atoms with Gasteiger partial charge in [-0.3, -0.25) is 0 Å². The Kier molecular flexibility index (Phi) is 2.74. The second-order valence-corrected chi connectivity index (χ2v) is 5.75. The van der Waals surface area contributed by atoms with Gasteiger partial charge in [0.25, 0.3) is 0 Å². The summed E-state index contributed by atoms with van der Waals surface area (Å²) in [7, 11) is 0. The number of carbonyl (C=O) groups excluding carboxylic acids is 1. The fraction of sp³-hybridized carbons (Fsp3) is 0.786. The Morgan fingerprint density at radius 1 is 1.53 bits per heavy atom. The number of aldehydes is 1. The molecule has 0 radical (unpaired) electrons. The van der Waals surface area contributed by atoms with Crippen LogP contribution in [0.25, 0.3) is 0 Å². The zero-order valence-electron chi connectivity index (χ0n) is 9.96. The Labute approximate surface area is 92.9 Å². The van der Waals surface area contributed by atoms with Crippen molar-refractivity contribution in [2.45, 2.75) is 46.0 Å². The van der Waals surface area contributed by atoms with Crippen LogP contribution < -0.4 is 0 Å². The second kappa shape index (κ2) is 3.77. The maximum Gasteiger partial charge on any atom is 0.123 e. The van der Waals surface area contributed by atoms with Gasteiger partial charge in [-0.1, -0.05) is 26.0 Å². The molecule has 0 aromatic carbocycles. The van der Waals surface area contributed by atoms with Crippen LogP contribution in [0.2, 0.25) is 0 Å². The molecule has 0 aliphatic heterocycles. The van der Waals surface area contributed by atoms with Crippen LogP contribution in [-0.4, -0.2) is 6.29 Å². The van der Waals surface area contributed by atoms with Crippen LogP contribution in [0.4, 0.5) is 0 Å². The minimum atomic E-state index is 0.228. The molecule has 1 nitrogen and oxygen atoms in total. The SMILES string of the molecule is C=C1CCC[C@]2(C)[C@@H]([C@@H](C)C=O)CC[C@@H]12. The molecule has 0 bridgehead atoms. The van der Waals surface area contributed by atoms with Crippen LogP contribution >= 0.6 is 0 Å². The summed E-state index contributed by atoms with van der Waals surface area (Å²) in [4.78, 5) is 11.0. The average Bonchev–Trinajstić information content (AvgIpc) is 2.56. The fourth-order valence-electron chi connectivity index (χ4n) is 4.12. The molecule has 0 N–H and O–H groups in total. The first-order valence-corrected chi connectivity index (χ1v) is 6.22. The van der Waals surface area contributed by atoms with Gasteiger partial charge in [0.05, 0.1) is 0 Å². The molecule has 0 saturated heterocycles. The molecule has 1 heteroatoms. The first-order chi connectivity index (χ1) is 7.09. The Morgan fingerprint density at radius 2 is 2.27 bits per heavy atom. The lowest BCUT2D eigenvalue weighted by Crippen LogP contribution is -2.36. The lowest BCUT2D eigenvalue weighted by molar-refractivity contribution is -0.113. The molecule has 0 amide bonds. The molecule has 0 unspecified atom stereocenters. The van der Waals surface area contributed by atoms with Crippen LogP contribution in [0.15, 0.2) is 12.2 Å². The lowest BCUT2D eigenvalue weighted by Gasteiger charge is -2.43. The Morgan fingerprint density at radius 3 is 2.93 bits per heavy atom. The van der Waals surface area contributed by atoms with E-state index in [4.69, 9.17) is 0 Å². The van der Waals surface area contributed by atoms with E-state index in [-0.39, 0.29) is 5.92 Å². The van der Waals surface area contributed by atoms with Crippen molar-refractivity contribution in [2.24, 2.45) is 23.2 Å². The number of hydrogen-bond donors (Lipinski definition) is 0. The van der Waals surface area contributed by atoms with Gasteiger partial charge in [-0.15, -0.1) is 0 Å². The van der Waals surface area contributed by atoms with Crippen molar-refractivity contribution in [2.75, 3.05) is 0 Å². The van der Waals surface area contributed by atoms with Crippen molar-refractivity contribution >= 4 is 6.29 Å². The van der Waals surface area contributed by atoms with Gasteiger partial charge in [-0.05, 0) is 49.4 Å². The third kappa shape index (κ3) is 1.56. The van der Waals surface area contributed by atoms with E-state index in [0.29, 0.717) is 17.3 Å². The van der Waals surface area contributed by atoms with Crippen molar-refractivity contribution in [3.05, 3.63) is 12.2 Å². The van der Waals surface area contributed by atoms with E-state index in [1.54, 1.807) is 0 Å². The maximum absolute atomic E-state index is 11.0. The van der Waals surface area contributed by atoms with Gasteiger partial charge < -0.3 is 4.79 Å². The van der Waals surface area contributed by atoms with Gasteiger partial charge in [0.2, 0.25) is 0 Å². The number of carbonyl (C=O) groups is 1. The van der Waals surface area contributed by atoms with Gasteiger partial charge in [0.15, 0.2) is 0 Å². The molecule has 2 aliphatic carbocycles. The van der Waals surface area contributed by atoms with Crippen molar-refractivity contribution in [3.63, 3.8) is 0 Å². The van der Waals surface area contributed by atoms with E-state index in [1.165, 1.54) is 37.7 Å². The second-order valence-electron chi connectivity index (χ2n) is 5.75. The van der Waals surface area contributed by atoms with E-state index >= 15 is 0 Å². The van der Waals surface area contributed by atoms with Gasteiger partial charge in [0, 0.05) is 5.92 Å². The number of rotatable bonds is 2. The summed E-state index contributed by atoms with van der Waals surface area (Å²) >= 11 is 0. The predicted octanol–water partition coefficient (Wildman–Crippen LogP) is 3.59. The summed E-state index contributed by atoms with van der Waals surface area (Å²) in [5.74, 6) is 1.52. The average molecular weight is 206 g/mol. The lowest BCUT2D eigenvalue weighted by atomic mass is 9.61. The van der Waals surface area contributed by atoms with E-state index in [0.717, 1.165) is 6.29 Å². The van der Waals surface area contributed by atoms with E-state index in [9.17, 15) is 4.79 Å². The van der Waals surface area contributed by atoms with Crippen molar-refractivity contribution in [1.82, 2.24) is 0 Å². The third-order valence-corrected chi connectivity index (χ3v) is 4.96. The fourth-order valence-corrected chi connectivity index (χ4v) is 4.12. The zero-order valence-corrected chi connectivity index (χ0v) is 9.96. The highest BCUT2D eigenvalue weighted by Gasteiger charge is 2.50. The molecule has 15 heavy (non-hydrogen) atoms. The Bertz CT molecular complexity index is 281. The summed E-state index contributed by atoms with van der Waals surface area (Å²) in [6.45, 7) is 8.71. The van der Waals surface area contributed by atoms with Crippen molar-refractivity contribution in [3.8, 4) is 0 Å². The normalized spacial score (nSPS) is 42.4. The Hall–Kier alpha value is -0.590. The first kappa shape index (κ1) is 10.9. The number of allylic oxidation sites excluding steroid dienone is 1. The molecule has 2 saturated carbocycles. The summed E-state index contributed by atoms with van der Waals surface area (Å²) in [5, 5.41) is 0. The van der Waals surface area contributed by atoms with E-state index < -0.39 is 0 Å². The van der Waals surface area contributed by atoms with Crippen LogP contribution in [0.5, 0.6) is 0 Å². The standard InChI is InChI=1S/C14H22O/c1-10-5-4-8-14(3)12(10)6-7-13(14)11(2)9-15/h9,11-13H,1,4-8H2,2-3H3/t11-,12-,13+,14-/m0/s1. The molecule has 4 atom stereocenters. The van der Waals surface area contributed by atoms with E-state index in [1.807, 2.05) is 0 Å². The van der Waals surface area contributed by atoms with Crippen LogP contribution in [-0.2, 0) is 4.79 Å². The number of hydrogen-bond acceptors (Lipinski definition) is 1. The van der Waals surface area contributed by atoms with Gasteiger partial charge >= 0.3 is 0 Å². The molecule has 2 fully saturated rings. The van der Waals surface area contributed by atoms with Gasteiger partial charge in [0.1, 0.15) is 6.29 Å². The summed E-state index contributed by atoms with van der Waals surface area (Å²) in [5.41, 5.74) is 1.82. The number of fused-ring (bicyclic) bond motifs is 1. The third-order valence-electron chi connectivity index (χ3n) is 4.96. The molecule has 84 valence electrons. The minimum Gasteiger partial charge on any atom is -0.303 e. The maximum atomic E-state index is 11.0. The topological polar surface area (TPSA) is 17.1 Å². The quantitative estimate of drug-likeness (QED) is 0.498. The molecule has 2 aliphatic rings. The van der Waals surface area contributed by atoms with Gasteiger partial charge in [-0.2, -0.15) is 0 Å². The highest BCUT2D eigenvalue weighted by molar-refractivity contribution is 5.54. The summed E-state index contributed by atoms with van der Waals surface area (Å²) in [6, 6.07) is 0. The van der Waals surface area contributed by atoms with Crippen molar-refractivity contribution in [1.29, 1.82) is 0 Å². The van der Waals surface area contributed by atoms with Crippen LogP contribution in [0.1, 0.15) is 46.0 Å². The molecular weight excluding hydrogens is 184 g/mol. The van der Waals surface area contributed by atoms with E-state index in [2.05, 4.69) is 20.4 Å². The van der Waals surface area contributed by atoms with Crippen LogP contribution in [0.3, 0.4) is 0 Å². The largest absolute Gasteiger partial charge is 0.303 e. The Balaban J connectivity index is 2.24. The predicted molar refractivity (Wildman–Crippen MR) is 62.5 cm³/mol. The molecule has 0 heterocycles. The molecule has 0 aromatic heterocycles. The highest BCUT2D eigenvalue weighted by atomic mass is 16.1. The summed E-state index contributed by atoms with van der Waals surface area (Å²) in [6.07, 6.45) is 7.41. The highest BCUT2D eigenvalue weighted by Crippen LogP contribution is 2.58. The van der Waals surface area contributed by atoms with Gasteiger partial charge in [-0.25, -0.2) is 0 Å². The minimum absolute atomic E-state index is 0.228. The molecule has 2 rings (SSSR count). The van der Waals surface area contributed by atoms with Crippen LogP contribution in [0, 0.1) is 23.2 Å². The molecule has 0 spiro atoms. The zero-order chi connectivity index (χ0) is 11.1. The monoisotopic (exact) mass is 206 g/mol.